The van der Waals surface area contributed by atoms with E-state index in [1.807, 2.05) is 23.3 Å². The summed E-state index contributed by atoms with van der Waals surface area (Å²) in [6.45, 7) is 0.856. The quantitative estimate of drug-likeness (QED) is 0.754. The van der Waals surface area contributed by atoms with Crippen molar-refractivity contribution in [3.63, 3.8) is 0 Å². The second-order valence-electron chi connectivity index (χ2n) is 4.30. The van der Waals surface area contributed by atoms with E-state index in [4.69, 9.17) is 4.84 Å². The minimum Gasteiger partial charge on any atom is -0.391 e. The summed E-state index contributed by atoms with van der Waals surface area (Å²) in [6, 6.07) is 10.4. The molecule has 0 saturated carbocycles. The van der Waals surface area contributed by atoms with Crippen molar-refractivity contribution >= 4 is 0 Å². The van der Waals surface area contributed by atoms with Gasteiger partial charge in [-0.3, -0.25) is 4.84 Å². The molecule has 0 aromatic heterocycles. The molecule has 1 aromatic carbocycles. The van der Waals surface area contributed by atoms with Crippen LogP contribution in [0.15, 0.2) is 30.3 Å². The zero-order valence-electron chi connectivity index (χ0n) is 8.54. The third-order valence-corrected chi connectivity index (χ3v) is 3.35. The van der Waals surface area contributed by atoms with Crippen LogP contribution in [0.2, 0.25) is 0 Å². The maximum Gasteiger partial charge on any atom is 0.106 e. The van der Waals surface area contributed by atoms with E-state index in [0.717, 1.165) is 19.4 Å². The van der Waals surface area contributed by atoms with E-state index in [9.17, 15) is 5.11 Å². The largest absolute Gasteiger partial charge is 0.391 e. The lowest BCUT2D eigenvalue weighted by molar-refractivity contribution is -0.153. The van der Waals surface area contributed by atoms with Crippen LogP contribution in [-0.4, -0.2) is 28.9 Å². The molecule has 2 saturated heterocycles. The average molecular weight is 205 g/mol. The van der Waals surface area contributed by atoms with Gasteiger partial charge in [0.25, 0.3) is 0 Å². The van der Waals surface area contributed by atoms with Crippen LogP contribution in [0.4, 0.5) is 0 Å². The lowest BCUT2D eigenvalue weighted by Gasteiger charge is -2.14. The molecule has 3 heteroatoms. The maximum atomic E-state index is 9.74. The van der Waals surface area contributed by atoms with Crippen molar-refractivity contribution in [2.24, 2.45) is 0 Å². The molecular formula is C12H15NO2. The van der Waals surface area contributed by atoms with Gasteiger partial charge in [-0.15, -0.1) is 0 Å². The zero-order valence-corrected chi connectivity index (χ0v) is 8.54. The van der Waals surface area contributed by atoms with Crippen LogP contribution in [0, 0.1) is 0 Å². The van der Waals surface area contributed by atoms with Gasteiger partial charge in [0.1, 0.15) is 6.10 Å². The maximum absolute atomic E-state index is 9.74. The van der Waals surface area contributed by atoms with E-state index < -0.39 is 0 Å². The highest BCUT2D eigenvalue weighted by Gasteiger charge is 2.42. The van der Waals surface area contributed by atoms with Crippen LogP contribution < -0.4 is 0 Å². The third kappa shape index (κ3) is 1.57. The standard InChI is InChI=1S/C12H15NO2/c14-11-6-7-13-10(11)8-12(15-13)9-4-2-1-3-5-9/h1-5,10-12,14H,6-8H2/t10-,11+,12-/m1/s1. The molecule has 3 rings (SSSR count). The minimum atomic E-state index is -0.210. The van der Waals surface area contributed by atoms with Crippen molar-refractivity contribution in [2.75, 3.05) is 6.54 Å². The van der Waals surface area contributed by atoms with Crippen molar-refractivity contribution in [1.82, 2.24) is 5.06 Å². The summed E-state index contributed by atoms with van der Waals surface area (Å²) in [6.07, 6.45) is 1.67. The number of hydrogen-bond acceptors (Lipinski definition) is 3. The first-order valence-corrected chi connectivity index (χ1v) is 5.51. The van der Waals surface area contributed by atoms with Crippen LogP contribution in [0.5, 0.6) is 0 Å². The van der Waals surface area contributed by atoms with E-state index >= 15 is 0 Å². The number of aliphatic hydroxyl groups is 1. The van der Waals surface area contributed by atoms with Gasteiger partial charge in [0.2, 0.25) is 0 Å². The monoisotopic (exact) mass is 205 g/mol. The molecule has 1 N–H and O–H groups in total. The highest BCUT2D eigenvalue weighted by atomic mass is 16.7. The van der Waals surface area contributed by atoms with Crippen LogP contribution in [0.3, 0.4) is 0 Å². The summed E-state index contributed by atoms with van der Waals surface area (Å²) in [5.74, 6) is 0. The summed E-state index contributed by atoms with van der Waals surface area (Å²) >= 11 is 0. The summed E-state index contributed by atoms with van der Waals surface area (Å²) in [4.78, 5) is 5.82. The number of benzene rings is 1. The first kappa shape index (κ1) is 9.33. The van der Waals surface area contributed by atoms with Crippen molar-refractivity contribution in [2.45, 2.75) is 31.1 Å². The van der Waals surface area contributed by atoms with Crippen LogP contribution >= 0.6 is 0 Å². The highest BCUT2D eigenvalue weighted by molar-refractivity contribution is 5.18. The molecule has 2 fully saturated rings. The lowest BCUT2D eigenvalue weighted by atomic mass is 10.0. The van der Waals surface area contributed by atoms with Crippen LogP contribution in [0.25, 0.3) is 0 Å². The molecule has 3 atom stereocenters. The van der Waals surface area contributed by atoms with Crippen molar-refractivity contribution in [3.8, 4) is 0 Å². The fraction of sp³-hybridized carbons (Fsp3) is 0.500. The van der Waals surface area contributed by atoms with Gasteiger partial charge in [0.15, 0.2) is 0 Å². The van der Waals surface area contributed by atoms with Crippen LogP contribution in [0.1, 0.15) is 24.5 Å². The van der Waals surface area contributed by atoms with Gasteiger partial charge < -0.3 is 5.11 Å². The molecule has 0 bridgehead atoms. The molecule has 2 aliphatic heterocycles. The van der Waals surface area contributed by atoms with Gasteiger partial charge in [-0.1, -0.05) is 30.3 Å². The molecule has 80 valence electrons. The van der Waals surface area contributed by atoms with Gasteiger partial charge >= 0.3 is 0 Å². The molecule has 15 heavy (non-hydrogen) atoms. The fourth-order valence-corrected chi connectivity index (χ4v) is 2.51. The first-order valence-electron chi connectivity index (χ1n) is 5.51. The van der Waals surface area contributed by atoms with Gasteiger partial charge in [-0.2, -0.15) is 5.06 Å². The average Bonchev–Trinajstić information content (AvgIpc) is 2.83. The van der Waals surface area contributed by atoms with E-state index in [1.54, 1.807) is 0 Å². The van der Waals surface area contributed by atoms with Gasteiger partial charge in [-0.05, 0) is 12.0 Å². The Kier molecular flexibility index (Phi) is 2.24. The van der Waals surface area contributed by atoms with Gasteiger partial charge in [-0.25, -0.2) is 0 Å². The molecule has 0 unspecified atom stereocenters. The zero-order chi connectivity index (χ0) is 10.3. The van der Waals surface area contributed by atoms with E-state index in [2.05, 4.69) is 12.1 Å². The molecule has 1 aromatic rings. The Morgan fingerprint density at radius 3 is 2.80 bits per heavy atom. The molecule has 0 aliphatic carbocycles. The number of aliphatic hydroxyl groups excluding tert-OH is 1. The Bertz CT molecular complexity index is 341. The Balaban J connectivity index is 1.77. The molecule has 0 radical (unpaired) electrons. The molecular weight excluding hydrogens is 190 g/mol. The first-order chi connectivity index (χ1) is 7.34. The van der Waals surface area contributed by atoms with Gasteiger partial charge in [0, 0.05) is 13.0 Å². The molecule has 0 amide bonds. The molecule has 3 nitrogen and oxygen atoms in total. The fourth-order valence-electron chi connectivity index (χ4n) is 2.51. The second-order valence-corrected chi connectivity index (χ2v) is 4.30. The van der Waals surface area contributed by atoms with Crippen molar-refractivity contribution in [3.05, 3.63) is 35.9 Å². The summed E-state index contributed by atoms with van der Waals surface area (Å²) in [5, 5.41) is 11.7. The van der Waals surface area contributed by atoms with Crippen molar-refractivity contribution in [1.29, 1.82) is 0 Å². The summed E-state index contributed by atoms with van der Waals surface area (Å²) in [5.41, 5.74) is 1.21. The normalized spacial score (nSPS) is 35.7. The predicted octanol–water partition coefficient (Wildman–Crippen LogP) is 1.50. The predicted molar refractivity (Wildman–Crippen MR) is 56.0 cm³/mol. The number of hydroxylamine groups is 2. The Morgan fingerprint density at radius 2 is 2.07 bits per heavy atom. The minimum absolute atomic E-state index is 0.131. The Hall–Kier alpha value is -0.900. The van der Waals surface area contributed by atoms with Crippen LogP contribution in [-0.2, 0) is 4.84 Å². The molecule has 2 aliphatic rings. The molecule has 0 spiro atoms. The Morgan fingerprint density at radius 1 is 1.27 bits per heavy atom. The lowest BCUT2D eigenvalue weighted by Crippen LogP contribution is -2.27. The number of hydrogen-bond donors (Lipinski definition) is 1. The SMILES string of the molecule is O[C@H]1CCN2O[C@@H](c3ccccc3)C[C@H]12. The highest BCUT2D eigenvalue weighted by Crippen LogP contribution is 2.38. The Labute approximate surface area is 89.2 Å². The van der Waals surface area contributed by atoms with E-state index in [-0.39, 0.29) is 18.2 Å². The van der Waals surface area contributed by atoms with E-state index in [1.165, 1.54) is 5.56 Å². The topological polar surface area (TPSA) is 32.7 Å². The van der Waals surface area contributed by atoms with E-state index in [0.29, 0.717) is 0 Å². The molecule has 2 heterocycles. The summed E-state index contributed by atoms with van der Waals surface area (Å²) < 4.78 is 0. The summed E-state index contributed by atoms with van der Waals surface area (Å²) in [7, 11) is 0. The third-order valence-electron chi connectivity index (χ3n) is 3.35. The second kappa shape index (κ2) is 3.59. The number of fused-ring (bicyclic) bond motifs is 1. The van der Waals surface area contributed by atoms with Gasteiger partial charge in [0.05, 0.1) is 12.1 Å². The smallest absolute Gasteiger partial charge is 0.106 e. The van der Waals surface area contributed by atoms with Crippen molar-refractivity contribution < 1.29 is 9.94 Å². The number of nitrogens with zero attached hydrogens (tertiary/aromatic N) is 1. The number of rotatable bonds is 1.